The molecule has 15 heteroatoms. The van der Waals surface area contributed by atoms with Gasteiger partial charge in [0.2, 0.25) is 5.91 Å². The number of fused-ring (bicyclic) bond motifs is 2. The number of ether oxygens (including phenoxy) is 1. The number of nitrogens with zero attached hydrogens (tertiary/aromatic N) is 2. The molecule has 1 fully saturated rings. The number of carboxylic acid groups (broad SMARTS) is 1. The van der Waals surface area contributed by atoms with Crippen molar-refractivity contribution in [2.24, 2.45) is 5.73 Å². The fourth-order valence-electron chi connectivity index (χ4n) is 6.06. The van der Waals surface area contributed by atoms with Crippen LogP contribution in [0.3, 0.4) is 0 Å². The van der Waals surface area contributed by atoms with Gasteiger partial charge < -0.3 is 36.0 Å². The Bertz CT molecular complexity index is 1830. The number of aliphatic carboxylic acids is 1. The number of unbranched alkanes of at least 4 members (excludes halogenated alkanes) is 3. The van der Waals surface area contributed by atoms with Gasteiger partial charge >= 0.3 is 12.1 Å². The predicted molar refractivity (Wildman–Crippen MR) is 189 cm³/mol. The molecule has 5 N–H and O–H groups in total. The van der Waals surface area contributed by atoms with Gasteiger partial charge in [-0.1, -0.05) is 31.0 Å². The predicted octanol–water partition coefficient (Wildman–Crippen LogP) is 5.50. The van der Waals surface area contributed by atoms with Crippen molar-refractivity contribution in [2.75, 3.05) is 30.3 Å². The lowest BCUT2D eigenvalue weighted by atomic mass is 9.98. The molecule has 282 valence electrons. The fourth-order valence-corrected chi connectivity index (χ4v) is 6.06. The highest BCUT2D eigenvalue weighted by Crippen LogP contribution is 2.33. The van der Waals surface area contributed by atoms with E-state index in [-0.39, 0.29) is 36.3 Å². The summed E-state index contributed by atoms with van der Waals surface area (Å²) < 4.78 is 37.2. The summed E-state index contributed by atoms with van der Waals surface area (Å²) in [5.74, 6) is -2.57. The van der Waals surface area contributed by atoms with Crippen molar-refractivity contribution in [3.05, 3.63) is 88.5 Å². The van der Waals surface area contributed by atoms with Crippen molar-refractivity contribution in [1.29, 1.82) is 0 Å². The zero-order chi connectivity index (χ0) is 38.1. The van der Waals surface area contributed by atoms with Crippen LogP contribution in [-0.4, -0.2) is 76.4 Å². The number of nitrogens with two attached hydrogens (primary N) is 1. The molecular formula is C38H42F3N5O7. The second-order valence-corrected chi connectivity index (χ2v) is 13.2. The smallest absolute Gasteiger partial charge is 0.482 e. The van der Waals surface area contributed by atoms with Crippen LogP contribution in [0.25, 0.3) is 0 Å². The third-order valence-corrected chi connectivity index (χ3v) is 9.10. The van der Waals surface area contributed by atoms with Crippen LogP contribution in [0, 0.1) is 0 Å². The van der Waals surface area contributed by atoms with Gasteiger partial charge in [-0.2, -0.15) is 13.2 Å². The number of hydrogen-bond donors (Lipinski definition) is 4. The molecule has 53 heavy (non-hydrogen) atoms. The Kier molecular flexibility index (Phi) is 12.7. The Morgan fingerprint density at radius 2 is 1.64 bits per heavy atom. The van der Waals surface area contributed by atoms with Gasteiger partial charge in [0.25, 0.3) is 17.7 Å². The molecular weight excluding hydrogens is 695 g/mol. The number of carboxylic acids is 1. The van der Waals surface area contributed by atoms with Crippen molar-refractivity contribution < 1.29 is 47.0 Å². The van der Waals surface area contributed by atoms with Crippen LogP contribution < -0.4 is 21.1 Å². The van der Waals surface area contributed by atoms with E-state index < -0.39 is 12.1 Å². The molecule has 0 bridgehead atoms. The van der Waals surface area contributed by atoms with E-state index in [0.29, 0.717) is 55.2 Å². The molecule has 3 aromatic carbocycles. The monoisotopic (exact) mass is 737 g/mol. The number of halogens is 3. The van der Waals surface area contributed by atoms with Crippen LogP contribution in [0.15, 0.2) is 60.7 Å². The molecule has 3 aliphatic rings. The minimum Gasteiger partial charge on any atom is -0.482 e. The Hall–Kier alpha value is -5.44. The first-order valence-corrected chi connectivity index (χ1v) is 17.5. The quantitative estimate of drug-likeness (QED) is 0.177. The van der Waals surface area contributed by atoms with Gasteiger partial charge in [0.05, 0.1) is 5.69 Å². The lowest BCUT2D eigenvalue weighted by Crippen LogP contribution is -2.35. The van der Waals surface area contributed by atoms with Crippen LogP contribution in [0.4, 0.5) is 24.5 Å². The third-order valence-electron chi connectivity index (χ3n) is 9.10. The fraction of sp³-hybridized carbons (Fsp3) is 0.395. The molecule has 4 amide bonds. The van der Waals surface area contributed by atoms with E-state index in [4.69, 9.17) is 20.4 Å². The summed E-state index contributed by atoms with van der Waals surface area (Å²) in [7, 11) is 0. The van der Waals surface area contributed by atoms with Crippen molar-refractivity contribution in [1.82, 2.24) is 9.80 Å². The number of carbonyl (C=O) groups excluding carboxylic acids is 4. The summed E-state index contributed by atoms with van der Waals surface area (Å²) in [5.41, 5.74) is 11.1. The van der Waals surface area contributed by atoms with Gasteiger partial charge in [-0.3, -0.25) is 19.2 Å². The van der Waals surface area contributed by atoms with Gasteiger partial charge in [0, 0.05) is 48.9 Å². The largest absolute Gasteiger partial charge is 0.490 e. The molecule has 6 rings (SSSR count). The summed E-state index contributed by atoms with van der Waals surface area (Å²) in [5, 5.41) is 12.9. The van der Waals surface area contributed by atoms with E-state index >= 15 is 0 Å². The van der Waals surface area contributed by atoms with E-state index in [1.165, 1.54) is 0 Å². The number of alkyl halides is 3. The first-order chi connectivity index (χ1) is 25.3. The van der Waals surface area contributed by atoms with E-state index in [9.17, 15) is 32.3 Å². The highest BCUT2D eigenvalue weighted by molar-refractivity contribution is 6.04. The molecule has 0 aromatic heterocycles. The van der Waals surface area contributed by atoms with Gasteiger partial charge in [-0.25, -0.2) is 4.79 Å². The lowest BCUT2D eigenvalue weighted by Gasteiger charge is -2.29. The Labute approximate surface area is 304 Å². The lowest BCUT2D eigenvalue weighted by molar-refractivity contribution is -0.192. The van der Waals surface area contributed by atoms with Crippen molar-refractivity contribution >= 4 is 41.0 Å². The molecule has 12 nitrogen and oxygen atoms in total. The molecule has 2 aliphatic heterocycles. The van der Waals surface area contributed by atoms with Crippen molar-refractivity contribution in [2.45, 2.75) is 76.7 Å². The summed E-state index contributed by atoms with van der Waals surface area (Å²) in [4.78, 5) is 63.6. The van der Waals surface area contributed by atoms with E-state index in [2.05, 4.69) is 10.6 Å². The minimum atomic E-state index is -5.08. The van der Waals surface area contributed by atoms with Crippen LogP contribution in [0.5, 0.6) is 5.75 Å². The topological polar surface area (TPSA) is 171 Å². The second kappa shape index (κ2) is 17.4. The van der Waals surface area contributed by atoms with E-state index in [1.807, 2.05) is 40.1 Å². The second-order valence-electron chi connectivity index (χ2n) is 13.2. The van der Waals surface area contributed by atoms with E-state index in [0.717, 1.165) is 67.3 Å². The van der Waals surface area contributed by atoms with Crippen LogP contribution in [0.1, 0.15) is 82.4 Å². The molecule has 0 saturated heterocycles. The number of amides is 4. The molecule has 0 spiro atoms. The average molecular weight is 738 g/mol. The number of rotatable bonds is 12. The summed E-state index contributed by atoms with van der Waals surface area (Å²) in [6.07, 6.45) is 2.18. The van der Waals surface area contributed by atoms with Gasteiger partial charge in [0.15, 0.2) is 6.61 Å². The molecule has 0 unspecified atom stereocenters. The molecule has 0 atom stereocenters. The number of hydrogen-bond acceptors (Lipinski definition) is 7. The average Bonchev–Trinajstić information content (AvgIpc) is 3.99. The van der Waals surface area contributed by atoms with Crippen LogP contribution in [0.2, 0.25) is 0 Å². The normalized spacial score (nSPS) is 14.7. The third kappa shape index (κ3) is 10.8. The maximum Gasteiger partial charge on any atom is 0.490 e. The first-order valence-electron chi connectivity index (χ1n) is 17.5. The number of nitrogens with one attached hydrogen (secondary N) is 2. The Morgan fingerprint density at radius 1 is 0.943 bits per heavy atom. The maximum absolute atomic E-state index is 13.5. The Balaban J connectivity index is 0.000000705. The molecule has 1 saturated carbocycles. The number of benzene rings is 3. The zero-order valence-electron chi connectivity index (χ0n) is 29.0. The van der Waals surface area contributed by atoms with Crippen molar-refractivity contribution in [3.8, 4) is 5.75 Å². The standard InChI is InChI=1S/C36H41N5O5.C2HF3O2/c37-17-4-2-1-3-5-34(43)40-18-16-26-19-29(12-10-28(26)22-40)38-35(44)25-8-6-24(7-9-25)21-41(30-13-14-30)36(45)27-11-15-31-32(20-27)46-23-33(42)39-31;3-2(4,5)1(6)7/h6-12,15,19-20,30H,1-5,13-14,16-18,21-23,37H2,(H,38,44)(H,39,42);(H,6,7). The highest BCUT2D eigenvalue weighted by atomic mass is 19.4. The van der Waals surface area contributed by atoms with Gasteiger partial charge in [0.1, 0.15) is 5.75 Å². The van der Waals surface area contributed by atoms with Gasteiger partial charge in [-0.05, 0) is 97.8 Å². The summed E-state index contributed by atoms with van der Waals surface area (Å²) in [6, 6.07) is 18.5. The number of anilines is 2. The molecule has 3 aromatic rings. The number of carbonyl (C=O) groups is 5. The van der Waals surface area contributed by atoms with Crippen molar-refractivity contribution in [3.63, 3.8) is 0 Å². The molecule has 0 radical (unpaired) electrons. The summed E-state index contributed by atoms with van der Waals surface area (Å²) >= 11 is 0. The highest BCUT2D eigenvalue weighted by Gasteiger charge is 2.38. The van der Waals surface area contributed by atoms with Crippen LogP contribution >= 0.6 is 0 Å². The SMILES string of the molecule is NCCCCCCC(=O)N1CCc2cc(NC(=O)c3ccc(CN(C(=O)c4ccc5c(c4)OCC(=O)N5)C4CC4)cc3)ccc2C1.O=C(O)C(F)(F)F. The molecule has 2 heterocycles. The molecule has 1 aliphatic carbocycles. The maximum atomic E-state index is 13.5. The van der Waals surface area contributed by atoms with E-state index in [1.54, 1.807) is 30.3 Å². The zero-order valence-corrected chi connectivity index (χ0v) is 29.0. The first kappa shape index (κ1) is 38.8. The van der Waals surface area contributed by atoms with Gasteiger partial charge in [-0.15, -0.1) is 0 Å². The minimum absolute atomic E-state index is 0.0684. The van der Waals surface area contributed by atoms with Crippen LogP contribution in [-0.2, 0) is 33.9 Å². The summed E-state index contributed by atoms with van der Waals surface area (Å²) in [6.45, 7) is 2.35. The Morgan fingerprint density at radius 3 is 2.32 bits per heavy atom.